The highest BCUT2D eigenvalue weighted by molar-refractivity contribution is 5.78. The Hall–Kier alpha value is -1.80. The van der Waals surface area contributed by atoms with Gasteiger partial charge in [0.25, 0.3) is 0 Å². The molecule has 0 aliphatic heterocycles. The van der Waals surface area contributed by atoms with Gasteiger partial charge in [-0.2, -0.15) is 74.6 Å². The molecule has 0 fully saturated rings. The molecule has 0 aromatic carbocycles. The first kappa shape index (κ1) is 33.2. The molecule has 0 aromatic heterocycles. The van der Waals surface area contributed by atoms with E-state index in [0.29, 0.717) is 0 Å². The van der Waals surface area contributed by atoms with Gasteiger partial charge in [-0.1, -0.05) is 13.8 Å². The van der Waals surface area contributed by atoms with Gasteiger partial charge in [0.2, 0.25) is 0 Å². The molecule has 0 amide bonds. The third kappa shape index (κ3) is 6.50. The molecule has 0 aromatic rings. The lowest BCUT2D eigenvalue weighted by atomic mass is 10.1. The van der Waals surface area contributed by atoms with Gasteiger partial charge >= 0.3 is 54.3 Å². The molecular formula is C14H11F17O4. The van der Waals surface area contributed by atoms with Crippen LogP contribution in [0.5, 0.6) is 0 Å². The largest absolute Gasteiger partial charge is 0.462 e. The Labute approximate surface area is 182 Å². The van der Waals surface area contributed by atoms with Crippen LogP contribution in [0.25, 0.3) is 0 Å². The summed E-state index contributed by atoms with van der Waals surface area (Å²) in [6, 6.07) is 0. The van der Waals surface area contributed by atoms with Gasteiger partial charge in [0, 0.05) is 0 Å². The van der Waals surface area contributed by atoms with E-state index in [0.717, 1.165) is 0 Å². The molecule has 0 N–H and O–H groups in total. The minimum absolute atomic E-state index is 0.437. The standard InChI is InChI=1S/C14H11F17O4/c1-5(2)3-4-33-6(32)7(15,10(19,20)21)34-14(30,31)9(18,12(25,26)27)35-13(28,29)8(16,17)11(22,23)24/h5H,3-4H2,1-2H3/t7-,9-/m1/s1. The van der Waals surface area contributed by atoms with Crippen molar-refractivity contribution in [3.63, 3.8) is 0 Å². The second kappa shape index (κ2) is 9.58. The van der Waals surface area contributed by atoms with E-state index in [1.165, 1.54) is 18.6 Å². The number of carbonyl (C=O) groups is 1. The van der Waals surface area contributed by atoms with Gasteiger partial charge in [0.1, 0.15) is 0 Å². The van der Waals surface area contributed by atoms with Crippen LogP contribution >= 0.6 is 0 Å². The van der Waals surface area contributed by atoms with Crippen LogP contribution in [0, 0.1) is 5.92 Å². The van der Waals surface area contributed by atoms with E-state index in [4.69, 9.17) is 0 Å². The van der Waals surface area contributed by atoms with Crippen molar-refractivity contribution in [3.8, 4) is 0 Å². The summed E-state index contributed by atoms with van der Waals surface area (Å²) >= 11 is 0. The first-order valence-electron chi connectivity index (χ1n) is 8.29. The second-order valence-corrected chi connectivity index (χ2v) is 6.81. The van der Waals surface area contributed by atoms with Crippen molar-refractivity contribution < 1.29 is 93.6 Å². The lowest BCUT2D eigenvalue weighted by molar-refractivity contribution is -0.548. The normalized spacial score (nSPS) is 18.3. The fraction of sp³-hybridized carbons (Fsp3) is 0.929. The molecule has 0 unspecified atom stereocenters. The predicted molar refractivity (Wildman–Crippen MR) is 73.3 cm³/mol. The molecule has 35 heavy (non-hydrogen) atoms. The third-order valence-electron chi connectivity index (χ3n) is 3.55. The van der Waals surface area contributed by atoms with E-state index in [2.05, 4.69) is 4.74 Å². The molecule has 4 nitrogen and oxygen atoms in total. The number of hydrogen-bond acceptors (Lipinski definition) is 4. The van der Waals surface area contributed by atoms with Crippen LogP contribution in [-0.2, 0) is 19.0 Å². The highest BCUT2D eigenvalue weighted by Gasteiger charge is 2.85. The van der Waals surface area contributed by atoms with Gasteiger partial charge in [-0.25, -0.2) is 4.79 Å². The van der Waals surface area contributed by atoms with E-state index < -0.39 is 73.3 Å². The summed E-state index contributed by atoms with van der Waals surface area (Å²) in [4.78, 5) is 11.3. The number of esters is 1. The van der Waals surface area contributed by atoms with E-state index in [1.807, 2.05) is 4.74 Å². The zero-order valence-corrected chi connectivity index (χ0v) is 16.5. The average Bonchev–Trinajstić information content (AvgIpc) is 2.57. The van der Waals surface area contributed by atoms with Gasteiger partial charge in [0.15, 0.2) is 0 Å². The third-order valence-corrected chi connectivity index (χ3v) is 3.55. The van der Waals surface area contributed by atoms with Crippen LogP contribution in [0.15, 0.2) is 0 Å². The van der Waals surface area contributed by atoms with Crippen molar-refractivity contribution in [1.29, 1.82) is 0 Å². The molecule has 0 aliphatic rings. The molecule has 0 saturated heterocycles. The van der Waals surface area contributed by atoms with Crippen molar-refractivity contribution in [2.45, 2.75) is 68.6 Å². The topological polar surface area (TPSA) is 44.8 Å². The molecular weight excluding hydrogens is 555 g/mol. The first-order chi connectivity index (χ1) is 15.0. The monoisotopic (exact) mass is 566 g/mol. The van der Waals surface area contributed by atoms with Gasteiger partial charge in [0.05, 0.1) is 6.61 Å². The van der Waals surface area contributed by atoms with Crippen LogP contribution in [0.1, 0.15) is 20.3 Å². The Kier molecular flexibility index (Phi) is 9.09. The number of rotatable bonds is 10. The van der Waals surface area contributed by atoms with E-state index >= 15 is 0 Å². The van der Waals surface area contributed by atoms with Gasteiger partial charge in [-0.15, -0.1) is 0 Å². The minimum Gasteiger partial charge on any atom is -0.461 e. The first-order valence-corrected chi connectivity index (χ1v) is 8.29. The van der Waals surface area contributed by atoms with Crippen LogP contribution in [-0.4, -0.2) is 61.0 Å². The molecule has 0 rings (SSSR count). The zero-order valence-electron chi connectivity index (χ0n) is 16.5. The number of alkyl halides is 17. The summed E-state index contributed by atoms with van der Waals surface area (Å²) in [6.45, 7) is 1.36. The molecule has 0 radical (unpaired) electrons. The summed E-state index contributed by atoms with van der Waals surface area (Å²) in [6.07, 6.45) is -39.0. The minimum atomic E-state index is -8.04. The molecule has 210 valence electrons. The summed E-state index contributed by atoms with van der Waals surface area (Å²) in [5.41, 5.74) is 0. The molecule has 21 heteroatoms. The Morgan fingerprint density at radius 3 is 1.37 bits per heavy atom. The number of halogens is 17. The Balaban J connectivity index is 6.59. The Morgan fingerprint density at radius 2 is 1.06 bits per heavy atom. The quantitative estimate of drug-likeness (QED) is 0.226. The van der Waals surface area contributed by atoms with Gasteiger partial charge in [-0.05, 0) is 12.3 Å². The van der Waals surface area contributed by atoms with Crippen molar-refractivity contribution in [3.05, 3.63) is 0 Å². The van der Waals surface area contributed by atoms with E-state index in [9.17, 15) is 79.4 Å². The van der Waals surface area contributed by atoms with Gasteiger partial charge < -0.3 is 4.74 Å². The average molecular weight is 566 g/mol. The van der Waals surface area contributed by atoms with Crippen molar-refractivity contribution in [1.82, 2.24) is 0 Å². The maximum absolute atomic E-state index is 14.1. The number of hydrogen-bond donors (Lipinski definition) is 0. The van der Waals surface area contributed by atoms with E-state index in [1.54, 1.807) is 0 Å². The maximum Gasteiger partial charge on any atom is 0.462 e. The van der Waals surface area contributed by atoms with Crippen molar-refractivity contribution in [2.24, 2.45) is 5.92 Å². The van der Waals surface area contributed by atoms with Crippen LogP contribution in [0.4, 0.5) is 74.6 Å². The summed E-state index contributed by atoms with van der Waals surface area (Å²) in [5, 5.41) is 0. The lowest BCUT2D eigenvalue weighted by Crippen LogP contribution is -2.68. The highest BCUT2D eigenvalue weighted by atomic mass is 19.4. The highest BCUT2D eigenvalue weighted by Crippen LogP contribution is 2.56. The smallest absolute Gasteiger partial charge is 0.461 e. The van der Waals surface area contributed by atoms with Crippen molar-refractivity contribution >= 4 is 5.97 Å². The Bertz CT molecular complexity index is 741. The van der Waals surface area contributed by atoms with Gasteiger partial charge in [-0.3, -0.25) is 9.47 Å². The molecule has 0 aliphatic carbocycles. The SMILES string of the molecule is CC(C)CCOC(=O)[C@@](F)(OC(F)(F)[C@](F)(OC(F)(F)C(F)(F)C(F)(F)F)C(F)(F)F)C(F)(F)F. The Morgan fingerprint density at radius 1 is 0.629 bits per heavy atom. The molecule has 2 atom stereocenters. The maximum atomic E-state index is 14.1. The number of carbonyl (C=O) groups excluding carboxylic acids is 1. The zero-order chi connectivity index (χ0) is 28.7. The van der Waals surface area contributed by atoms with Crippen LogP contribution in [0.3, 0.4) is 0 Å². The van der Waals surface area contributed by atoms with Crippen LogP contribution in [0.2, 0.25) is 0 Å². The fourth-order valence-corrected chi connectivity index (χ4v) is 1.63. The molecule has 0 saturated carbocycles. The van der Waals surface area contributed by atoms with E-state index in [-0.39, 0.29) is 0 Å². The molecule has 0 spiro atoms. The number of ether oxygens (including phenoxy) is 3. The summed E-state index contributed by atoms with van der Waals surface area (Å²) in [7, 11) is 0. The second-order valence-electron chi connectivity index (χ2n) is 6.81. The molecule has 0 bridgehead atoms. The fourth-order valence-electron chi connectivity index (χ4n) is 1.63. The van der Waals surface area contributed by atoms with Crippen molar-refractivity contribution in [2.75, 3.05) is 6.61 Å². The molecule has 0 heterocycles. The van der Waals surface area contributed by atoms with Crippen LogP contribution < -0.4 is 0 Å². The summed E-state index contributed by atoms with van der Waals surface area (Å²) in [5.74, 6) is -26.9. The predicted octanol–water partition coefficient (Wildman–Crippen LogP) is 6.45. The summed E-state index contributed by atoms with van der Waals surface area (Å²) < 4.78 is 227. The lowest BCUT2D eigenvalue weighted by Gasteiger charge is -2.39.